The van der Waals surface area contributed by atoms with Gasteiger partial charge in [-0.3, -0.25) is 4.90 Å². The van der Waals surface area contributed by atoms with Crippen LogP contribution in [0.25, 0.3) is 0 Å². The molecule has 0 aromatic carbocycles. The lowest BCUT2D eigenvalue weighted by Crippen LogP contribution is -2.17. The summed E-state index contributed by atoms with van der Waals surface area (Å²) in [5.41, 5.74) is 1.35. The van der Waals surface area contributed by atoms with E-state index >= 15 is 0 Å². The van der Waals surface area contributed by atoms with E-state index < -0.39 is 0 Å². The molecule has 18 heavy (non-hydrogen) atoms. The van der Waals surface area contributed by atoms with E-state index in [1.165, 1.54) is 10.4 Å². The van der Waals surface area contributed by atoms with E-state index in [4.69, 9.17) is 4.42 Å². The molecule has 0 N–H and O–H groups in total. The van der Waals surface area contributed by atoms with Gasteiger partial charge in [0.1, 0.15) is 0 Å². The summed E-state index contributed by atoms with van der Waals surface area (Å²) in [6.45, 7) is 7.86. The molecule has 0 aliphatic heterocycles. The van der Waals surface area contributed by atoms with Crippen molar-refractivity contribution in [2.45, 2.75) is 39.8 Å². The minimum absolute atomic E-state index is 0.288. The molecule has 2 aromatic rings. The van der Waals surface area contributed by atoms with Gasteiger partial charge in [-0.1, -0.05) is 13.8 Å². The molecule has 0 fully saturated rings. The lowest BCUT2D eigenvalue weighted by molar-refractivity contribution is 0.277. The first-order chi connectivity index (χ1) is 8.56. The highest BCUT2D eigenvalue weighted by Gasteiger charge is 2.12. The van der Waals surface area contributed by atoms with E-state index in [-0.39, 0.29) is 5.92 Å². The van der Waals surface area contributed by atoms with E-state index in [1.54, 1.807) is 11.3 Å². The minimum Gasteiger partial charge on any atom is -0.424 e. The van der Waals surface area contributed by atoms with Crippen molar-refractivity contribution in [1.82, 2.24) is 15.1 Å². The predicted octanol–water partition coefficient (Wildman–Crippen LogP) is 3.19. The van der Waals surface area contributed by atoms with Crippen LogP contribution in [0.3, 0.4) is 0 Å². The molecule has 2 aromatic heterocycles. The maximum absolute atomic E-state index is 5.60. The molecular formula is C13H19N3OS. The summed E-state index contributed by atoms with van der Waals surface area (Å²) < 4.78 is 5.60. The van der Waals surface area contributed by atoms with Crippen molar-refractivity contribution in [1.29, 1.82) is 0 Å². The molecule has 0 saturated heterocycles. The SMILES string of the molecule is Cc1ccsc1CN(C)Cc1nnc(C(C)C)o1. The van der Waals surface area contributed by atoms with Crippen molar-refractivity contribution in [2.24, 2.45) is 0 Å². The topological polar surface area (TPSA) is 42.2 Å². The summed E-state index contributed by atoms with van der Waals surface area (Å²) in [6.07, 6.45) is 0. The van der Waals surface area contributed by atoms with Crippen LogP contribution in [-0.4, -0.2) is 22.1 Å². The molecule has 98 valence electrons. The van der Waals surface area contributed by atoms with Crippen LogP contribution in [0.1, 0.15) is 42.0 Å². The van der Waals surface area contributed by atoms with Gasteiger partial charge in [-0.25, -0.2) is 0 Å². The molecule has 0 atom stereocenters. The Hall–Kier alpha value is -1.20. The standard InChI is InChI=1S/C13H19N3OS/c1-9(2)13-15-14-12(17-13)8-16(4)7-11-10(3)5-6-18-11/h5-6,9H,7-8H2,1-4H3. The molecule has 2 rings (SSSR count). The first-order valence-electron chi connectivity index (χ1n) is 6.10. The second-order valence-electron chi connectivity index (χ2n) is 4.89. The Balaban J connectivity index is 1.94. The normalized spacial score (nSPS) is 11.7. The van der Waals surface area contributed by atoms with Crippen molar-refractivity contribution in [3.05, 3.63) is 33.7 Å². The predicted molar refractivity (Wildman–Crippen MR) is 72.6 cm³/mol. The molecule has 0 unspecified atom stereocenters. The van der Waals surface area contributed by atoms with E-state index in [9.17, 15) is 0 Å². The minimum atomic E-state index is 0.288. The molecule has 0 spiro atoms. The third-order valence-corrected chi connectivity index (χ3v) is 3.77. The van der Waals surface area contributed by atoms with Crippen LogP contribution in [-0.2, 0) is 13.1 Å². The van der Waals surface area contributed by atoms with Crippen molar-refractivity contribution in [3.8, 4) is 0 Å². The number of rotatable bonds is 5. The van der Waals surface area contributed by atoms with Gasteiger partial charge < -0.3 is 4.42 Å². The molecule has 0 aliphatic rings. The van der Waals surface area contributed by atoms with Gasteiger partial charge in [-0.2, -0.15) is 0 Å². The molecule has 0 radical (unpaired) electrons. The van der Waals surface area contributed by atoms with E-state index in [0.717, 1.165) is 6.54 Å². The fraction of sp³-hybridized carbons (Fsp3) is 0.538. The van der Waals surface area contributed by atoms with Crippen LogP contribution < -0.4 is 0 Å². The molecule has 0 aliphatic carbocycles. The zero-order valence-corrected chi connectivity index (χ0v) is 12.1. The first kappa shape index (κ1) is 13.2. The third-order valence-electron chi connectivity index (χ3n) is 2.76. The second kappa shape index (κ2) is 5.63. The molecule has 0 amide bonds. The number of thiophene rings is 1. The number of nitrogens with zero attached hydrogens (tertiary/aromatic N) is 3. The van der Waals surface area contributed by atoms with E-state index in [2.05, 4.69) is 54.4 Å². The van der Waals surface area contributed by atoms with Crippen LogP contribution in [0, 0.1) is 6.92 Å². The average Bonchev–Trinajstić information content (AvgIpc) is 2.89. The van der Waals surface area contributed by atoms with Crippen molar-refractivity contribution >= 4 is 11.3 Å². The van der Waals surface area contributed by atoms with Gasteiger partial charge in [0, 0.05) is 17.3 Å². The maximum atomic E-state index is 5.60. The summed E-state index contributed by atoms with van der Waals surface area (Å²) in [5.74, 6) is 1.69. The molecule has 2 heterocycles. The molecule has 5 heteroatoms. The second-order valence-corrected chi connectivity index (χ2v) is 5.89. The number of hydrogen-bond donors (Lipinski definition) is 0. The smallest absolute Gasteiger partial charge is 0.230 e. The number of aromatic nitrogens is 2. The van der Waals surface area contributed by atoms with Gasteiger partial charge >= 0.3 is 0 Å². The van der Waals surface area contributed by atoms with Crippen LogP contribution in [0.4, 0.5) is 0 Å². The monoisotopic (exact) mass is 265 g/mol. The van der Waals surface area contributed by atoms with Gasteiger partial charge in [-0.15, -0.1) is 21.5 Å². The van der Waals surface area contributed by atoms with Crippen LogP contribution >= 0.6 is 11.3 Å². The molecule has 0 bridgehead atoms. The zero-order chi connectivity index (χ0) is 13.1. The van der Waals surface area contributed by atoms with Crippen molar-refractivity contribution in [2.75, 3.05) is 7.05 Å². The van der Waals surface area contributed by atoms with E-state index in [0.29, 0.717) is 18.3 Å². The lowest BCUT2D eigenvalue weighted by Gasteiger charge is -2.13. The van der Waals surface area contributed by atoms with Crippen LogP contribution in [0.5, 0.6) is 0 Å². The highest BCUT2D eigenvalue weighted by Crippen LogP contribution is 2.18. The Bertz CT molecular complexity index is 504. The summed E-state index contributed by atoms with van der Waals surface area (Å²) >= 11 is 1.79. The highest BCUT2D eigenvalue weighted by atomic mass is 32.1. The van der Waals surface area contributed by atoms with Gasteiger partial charge in [0.2, 0.25) is 11.8 Å². The number of aryl methyl sites for hydroxylation is 1. The Morgan fingerprint density at radius 2 is 2.11 bits per heavy atom. The van der Waals surface area contributed by atoms with Gasteiger partial charge in [-0.05, 0) is 31.0 Å². The summed E-state index contributed by atoms with van der Waals surface area (Å²) in [5, 5.41) is 10.2. The first-order valence-corrected chi connectivity index (χ1v) is 6.98. The Morgan fingerprint density at radius 3 is 2.67 bits per heavy atom. The molecule has 0 saturated carbocycles. The van der Waals surface area contributed by atoms with Gasteiger partial charge in [0.05, 0.1) is 6.54 Å². The van der Waals surface area contributed by atoms with Crippen LogP contribution in [0.15, 0.2) is 15.9 Å². The van der Waals surface area contributed by atoms with Gasteiger partial charge in [0.15, 0.2) is 0 Å². The lowest BCUT2D eigenvalue weighted by atomic mass is 10.2. The van der Waals surface area contributed by atoms with E-state index in [1.807, 2.05) is 0 Å². The Labute approximate surface area is 112 Å². The summed E-state index contributed by atoms with van der Waals surface area (Å²) in [6, 6.07) is 2.15. The fourth-order valence-corrected chi connectivity index (χ4v) is 2.65. The Kier molecular flexibility index (Phi) is 4.14. The number of hydrogen-bond acceptors (Lipinski definition) is 5. The van der Waals surface area contributed by atoms with Crippen molar-refractivity contribution < 1.29 is 4.42 Å². The third kappa shape index (κ3) is 3.17. The van der Waals surface area contributed by atoms with Crippen LogP contribution in [0.2, 0.25) is 0 Å². The summed E-state index contributed by atoms with van der Waals surface area (Å²) in [7, 11) is 2.07. The Morgan fingerprint density at radius 1 is 1.33 bits per heavy atom. The fourth-order valence-electron chi connectivity index (χ4n) is 1.66. The highest BCUT2D eigenvalue weighted by molar-refractivity contribution is 7.10. The maximum Gasteiger partial charge on any atom is 0.230 e. The summed E-state index contributed by atoms with van der Waals surface area (Å²) in [4.78, 5) is 3.58. The van der Waals surface area contributed by atoms with Gasteiger partial charge in [0.25, 0.3) is 0 Å². The molecule has 4 nitrogen and oxygen atoms in total. The zero-order valence-electron chi connectivity index (χ0n) is 11.3. The quantitative estimate of drug-likeness (QED) is 0.832. The average molecular weight is 265 g/mol. The largest absolute Gasteiger partial charge is 0.424 e. The molecular weight excluding hydrogens is 246 g/mol. The van der Waals surface area contributed by atoms with Crippen molar-refractivity contribution in [3.63, 3.8) is 0 Å².